The lowest BCUT2D eigenvalue weighted by atomic mass is 10.0. The summed E-state index contributed by atoms with van der Waals surface area (Å²) in [6.45, 7) is 4.02. The molecule has 8 nitrogen and oxygen atoms in total. The van der Waals surface area contributed by atoms with Crippen molar-refractivity contribution in [3.8, 4) is 0 Å². The first-order chi connectivity index (χ1) is 14.9. The second-order valence-electron chi connectivity index (χ2n) is 8.28. The maximum Gasteiger partial charge on any atom is 0.311 e. The van der Waals surface area contributed by atoms with Crippen molar-refractivity contribution < 1.29 is 14.4 Å². The summed E-state index contributed by atoms with van der Waals surface area (Å²) in [4.78, 5) is 19.6. The summed E-state index contributed by atoms with van der Waals surface area (Å²) in [5.41, 5.74) is 1.50. The molecular weight excluding hydrogens is 401 g/mol. The molecule has 0 amide bonds. The minimum atomic E-state index is -0.836. The van der Waals surface area contributed by atoms with Gasteiger partial charge in [-0.05, 0) is 62.9 Å². The highest BCUT2D eigenvalue weighted by atomic mass is 19.1. The van der Waals surface area contributed by atoms with E-state index in [9.17, 15) is 19.6 Å². The zero-order chi connectivity index (χ0) is 22.0. The lowest BCUT2D eigenvalue weighted by molar-refractivity contribution is -0.384. The van der Waals surface area contributed by atoms with Crippen LogP contribution in [0.25, 0.3) is 0 Å². The minimum absolute atomic E-state index is 0.102. The number of nitrogens with zero attached hydrogens (tertiary/aromatic N) is 4. The van der Waals surface area contributed by atoms with Gasteiger partial charge in [0.2, 0.25) is 5.82 Å². The van der Waals surface area contributed by atoms with Gasteiger partial charge in [-0.3, -0.25) is 10.1 Å². The van der Waals surface area contributed by atoms with Crippen molar-refractivity contribution in [3.63, 3.8) is 0 Å². The van der Waals surface area contributed by atoms with Gasteiger partial charge in [0, 0.05) is 37.1 Å². The molecule has 2 aliphatic heterocycles. The number of aliphatic hydroxyl groups is 1. The van der Waals surface area contributed by atoms with E-state index in [1.165, 1.54) is 6.07 Å². The fourth-order valence-electron chi connectivity index (χ4n) is 4.29. The number of anilines is 4. The molecule has 3 heterocycles. The molecule has 0 radical (unpaired) electrons. The number of piperidine rings is 2. The van der Waals surface area contributed by atoms with Crippen molar-refractivity contribution >= 4 is 28.7 Å². The van der Waals surface area contributed by atoms with Crippen molar-refractivity contribution in [2.24, 2.45) is 0 Å². The molecule has 0 saturated carbocycles. The molecular formula is C22H28FN5O3. The van der Waals surface area contributed by atoms with Gasteiger partial charge < -0.3 is 20.2 Å². The van der Waals surface area contributed by atoms with Gasteiger partial charge in [0.05, 0.1) is 17.1 Å². The van der Waals surface area contributed by atoms with E-state index in [0.29, 0.717) is 43.9 Å². The molecule has 31 heavy (non-hydrogen) atoms. The minimum Gasteiger partial charge on any atom is -0.393 e. The Morgan fingerprint density at radius 1 is 1.13 bits per heavy atom. The number of benzene rings is 1. The second kappa shape index (κ2) is 9.05. The van der Waals surface area contributed by atoms with Crippen molar-refractivity contribution in [2.45, 2.75) is 50.9 Å². The lowest BCUT2D eigenvalue weighted by Gasteiger charge is -2.37. The van der Waals surface area contributed by atoms with E-state index in [0.717, 1.165) is 18.7 Å². The van der Waals surface area contributed by atoms with Crippen LogP contribution in [0.15, 0.2) is 36.4 Å². The van der Waals surface area contributed by atoms with Crippen LogP contribution in [-0.2, 0) is 0 Å². The molecule has 2 aromatic rings. The summed E-state index contributed by atoms with van der Waals surface area (Å²) in [6, 6.07) is 10.4. The van der Waals surface area contributed by atoms with Gasteiger partial charge in [0.15, 0.2) is 0 Å². The van der Waals surface area contributed by atoms with Crippen LogP contribution in [0.5, 0.6) is 0 Å². The third kappa shape index (κ3) is 4.71. The maximum atomic E-state index is 14.1. The molecule has 0 aliphatic carbocycles. The highest BCUT2D eigenvalue weighted by molar-refractivity contribution is 5.69. The molecule has 2 unspecified atom stereocenters. The van der Waals surface area contributed by atoms with Crippen LogP contribution in [-0.4, -0.2) is 53.0 Å². The standard InChI is InChI=1S/C22H28FN5O3/c1-15-19(23)3-2-12-27(15)17-6-4-16(5-7-17)24-22-20(28(30)31)8-9-21(25-22)26-13-10-18(29)11-14-26/h4-9,15,18-19,29H,2-3,10-14H2,1H3,(H,24,25). The summed E-state index contributed by atoms with van der Waals surface area (Å²) >= 11 is 0. The van der Waals surface area contributed by atoms with Crippen LogP contribution in [0.3, 0.4) is 0 Å². The molecule has 0 bridgehead atoms. The molecule has 0 spiro atoms. The fraction of sp³-hybridized carbons (Fsp3) is 0.500. The van der Waals surface area contributed by atoms with Gasteiger partial charge in [0.25, 0.3) is 0 Å². The SMILES string of the molecule is CC1C(F)CCCN1c1ccc(Nc2nc(N3CCC(O)CC3)ccc2[N+](=O)[O-])cc1. The third-order valence-electron chi connectivity index (χ3n) is 6.20. The first-order valence-electron chi connectivity index (χ1n) is 10.8. The normalized spacial score (nSPS) is 22.4. The van der Waals surface area contributed by atoms with E-state index in [1.54, 1.807) is 6.07 Å². The van der Waals surface area contributed by atoms with Gasteiger partial charge in [-0.1, -0.05) is 0 Å². The number of nitro groups is 1. The van der Waals surface area contributed by atoms with E-state index >= 15 is 0 Å². The first-order valence-corrected chi connectivity index (χ1v) is 10.8. The van der Waals surface area contributed by atoms with E-state index in [1.807, 2.05) is 36.1 Å². The number of hydrogen-bond acceptors (Lipinski definition) is 7. The molecule has 2 aliphatic rings. The number of hydrogen-bond donors (Lipinski definition) is 2. The van der Waals surface area contributed by atoms with Crippen molar-refractivity contribution in [2.75, 3.05) is 34.8 Å². The van der Waals surface area contributed by atoms with Crippen molar-refractivity contribution in [1.82, 2.24) is 4.98 Å². The van der Waals surface area contributed by atoms with Crippen LogP contribution in [0, 0.1) is 10.1 Å². The predicted octanol–water partition coefficient (Wildman–Crippen LogP) is 4.02. The summed E-state index contributed by atoms with van der Waals surface area (Å²) in [5.74, 6) is 0.823. The molecule has 166 valence electrons. The molecule has 2 saturated heterocycles. The topological polar surface area (TPSA) is 94.8 Å². The van der Waals surface area contributed by atoms with E-state index in [-0.39, 0.29) is 23.7 Å². The maximum absolute atomic E-state index is 14.1. The molecule has 1 aromatic carbocycles. The van der Waals surface area contributed by atoms with Gasteiger partial charge in [-0.2, -0.15) is 0 Å². The Labute approximate surface area is 180 Å². The van der Waals surface area contributed by atoms with Crippen LogP contribution < -0.4 is 15.1 Å². The average Bonchev–Trinajstić information content (AvgIpc) is 2.77. The second-order valence-corrected chi connectivity index (χ2v) is 8.28. The van der Waals surface area contributed by atoms with Crippen LogP contribution in [0.2, 0.25) is 0 Å². The number of pyridine rings is 1. The predicted molar refractivity (Wildman–Crippen MR) is 119 cm³/mol. The summed E-state index contributed by atoms with van der Waals surface area (Å²) in [5, 5.41) is 24.3. The zero-order valence-corrected chi connectivity index (χ0v) is 17.6. The lowest BCUT2D eigenvalue weighted by Crippen LogP contribution is -2.44. The summed E-state index contributed by atoms with van der Waals surface area (Å²) in [6.07, 6.45) is 1.58. The van der Waals surface area contributed by atoms with Gasteiger partial charge in [-0.15, -0.1) is 0 Å². The van der Waals surface area contributed by atoms with Gasteiger partial charge in [-0.25, -0.2) is 9.37 Å². The Bertz CT molecular complexity index is 918. The third-order valence-corrected chi connectivity index (χ3v) is 6.20. The van der Waals surface area contributed by atoms with E-state index in [4.69, 9.17) is 0 Å². The molecule has 9 heteroatoms. The Balaban J connectivity index is 1.53. The molecule has 2 atom stereocenters. The highest BCUT2D eigenvalue weighted by Gasteiger charge is 2.28. The summed E-state index contributed by atoms with van der Waals surface area (Å²) in [7, 11) is 0. The molecule has 4 rings (SSSR count). The largest absolute Gasteiger partial charge is 0.393 e. The number of rotatable bonds is 5. The zero-order valence-electron chi connectivity index (χ0n) is 17.6. The Morgan fingerprint density at radius 2 is 1.84 bits per heavy atom. The number of nitrogens with one attached hydrogen (secondary N) is 1. The Kier molecular flexibility index (Phi) is 6.22. The van der Waals surface area contributed by atoms with Crippen LogP contribution >= 0.6 is 0 Å². The van der Waals surface area contributed by atoms with Crippen molar-refractivity contribution in [1.29, 1.82) is 0 Å². The number of alkyl halides is 1. The molecule has 2 N–H and O–H groups in total. The smallest absolute Gasteiger partial charge is 0.311 e. The number of halogens is 1. The molecule has 1 aromatic heterocycles. The number of aromatic nitrogens is 1. The summed E-state index contributed by atoms with van der Waals surface area (Å²) < 4.78 is 14.1. The Hall–Kier alpha value is -2.94. The Morgan fingerprint density at radius 3 is 2.52 bits per heavy atom. The fourth-order valence-corrected chi connectivity index (χ4v) is 4.29. The highest BCUT2D eigenvalue weighted by Crippen LogP contribution is 2.32. The van der Waals surface area contributed by atoms with Crippen LogP contribution in [0.4, 0.5) is 33.1 Å². The van der Waals surface area contributed by atoms with Gasteiger partial charge in [0.1, 0.15) is 12.0 Å². The quantitative estimate of drug-likeness (QED) is 0.547. The number of aliphatic hydroxyl groups excluding tert-OH is 1. The van der Waals surface area contributed by atoms with E-state index in [2.05, 4.69) is 15.2 Å². The van der Waals surface area contributed by atoms with Crippen molar-refractivity contribution in [3.05, 3.63) is 46.5 Å². The van der Waals surface area contributed by atoms with Crippen LogP contribution in [0.1, 0.15) is 32.6 Å². The monoisotopic (exact) mass is 429 g/mol. The van der Waals surface area contributed by atoms with E-state index < -0.39 is 11.1 Å². The first kappa shape index (κ1) is 21.3. The van der Waals surface area contributed by atoms with Gasteiger partial charge >= 0.3 is 5.69 Å². The molecule has 2 fully saturated rings. The average molecular weight is 429 g/mol.